The molecule has 0 aromatic rings. The maximum absolute atomic E-state index is 2.45. The molecule has 2 saturated carbocycles. The molecule has 2 fully saturated rings. The van der Waals surface area contributed by atoms with Crippen molar-refractivity contribution in [1.29, 1.82) is 0 Å². The Kier molecular flexibility index (Phi) is 4.93. The molecule has 0 aliphatic heterocycles. The summed E-state index contributed by atoms with van der Waals surface area (Å²) in [6.07, 6.45) is 4.94. The second-order valence-corrected chi connectivity index (χ2v) is 13.1. The van der Waals surface area contributed by atoms with Crippen LogP contribution in [-0.2, 0) is 0 Å². The summed E-state index contributed by atoms with van der Waals surface area (Å²) in [5, 5.41) is 0. The smallest absolute Gasteiger partial charge is 0.0509 e. The molecule has 0 unspecified atom stereocenters. The first-order valence-electron chi connectivity index (χ1n) is 7.94. The monoisotopic (exact) mass is 266 g/mol. The van der Waals surface area contributed by atoms with Crippen LogP contribution in [0.3, 0.4) is 0 Å². The predicted molar refractivity (Wildman–Crippen MR) is 81.8 cm³/mol. The van der Waals surface area contributed by atoms with E-state index >= 15 is 0 Å². The molecule has 0 aromatic heterocycles. The van der Waals surface area contributed by atoms with E-state index in [2.05, 4.69) is 27.7 Å². The summed E-state index contributed by atoms with van der Waals surface area (Å²) >= 11 is 0. The third-order valence-corrected chi connectivity index (χ3v) is 12.9. The van der Waals surface area contributed by atoms with Gasteiger partial charge in [0.15, 0.2) is 0 Å². The molecule has 0 nitrogen and oxygen atoms in total. The highest BCUT2D eigenvalue weighted by atomic mass is 28.3. The van der Waals surface area contributed by atoms with E-state index < -0.39 is 0 Å². The van der Waals surface area contributed by atoms with Crippen LogP contribution in [0.5, 0.6) is 0 Å². The molecule has 98 valence electrons. The minimum absolute atomic E-state index is 0.0188. The van der Waals surface area contributed by atoms with E-state index in [1.807, 2.05) is 0 Å². The zero-order valence-corrected chi connectivity index (χ0v) is 14.3. The van der Waals surface area contributed by atoms with Crippen molar-refractivity contribution in [2.24, 2.45) is 11.8 Å². The lowest BCUT2D eigenvalue weighted by atomic mass is 9.99. The van der Waals surface area contributed by atoms with Gasteiger partial charge in [0.25, 0.3) is 0 Å². The Hall–Kier alpha value is 0.434. The summed E-state index contributed by atoms with van der Waals surface area (Å²) < 4.78 is 0. The van der Waals surface area contributed by atoms with Gasteiger partial charge < -0.3 is 0 Å². The van der Waals surface area contributed by atoms with E-state index in [0.29, 0.717) is 0 Å². The maximum Gasteiger partial charge on any atom is 0.0509 e. The van der Waals surface area contributed by atoms with Gasteiger partial charge in [-0.1, -0.05) is 51.9 Å². The van der Waals surface area contributed by atoms with Gasteiger partial charge in [0.1, 0.15) is 0 Å². The molecule has 0 N–H and O–H groups in total. The quantitative estimate of drug-likeness (QED) is 0.578. The van der Waals surface area contributed by atoms with Crippen LogP contribution in [0, 0.1) is 11.8 Å². The SMILES string of the molecule is CC[Si](CC)[C@@H]1C[C@H]2C[C@@H]1C[C@H]2[Si](CC)CC. The summed E-state index contributed by atoms with van der Waals surface area (Å²) in [5.41, 5.74) is 2.43. The van der Waals surface area contributed by atoms with Crippen LogP contribution in [0.25, 0.3) is 0 Å². The lowest BCUT2D eigenvalue weighted by Gasteiger charge is -2.34. The number of hydrogen-bond donors (Lipinski definition) is 0. The summed E-state index contributed by atoms with van der Waals surface area (Å²) in [5.74, 6) is 2.36. The number of rotatable bonds is 6. The van der Waals surface area contributed by atoms with Crippen LogP contribution in [0.4, 0.5) is 0 Å². The zero-order valence-electron chi connectivity index (χ0n) is 12.3. The topological polar surface area (TPSA) is 0 Å². The Labute approximate surface area is 112 Å². The molecular formula is C15H30Si2. The molecule has 0 aromatic carbocycles. The standard InChI is InChI=1S/C15H30Si2/c1-5-16(6-2)14-10-13-9-12(14)11-15(13)17(7-3)8-4/h12-15H,5-11H2,1-4H3/t12-,13-,14-,15-/m1/s1. The molecule has 17 heavy (non-hydrogen) atoms. The fourth-order valence-electron chi connectivity index (χ4n) is 4.82. The highest BCUT2D eigenvalue weighted by Crippen LogP contribution is 2.60. The zero-order chi connectivity index (χ0) is 12.4. The largest absolute Gasteiger partial charge is 0.0680 e. The van der Waals surface area contributed by atoms with Gasteiger partial charge in [0.05, 0.1) is 17.6 Å². The van der Waals surface area contributed by atoms with E-state index in [1.165, 1.54) is 47.1 Å². The number of fused-ring (bicyclic) bond motifs is 2. The highest BCUT2D eigenvalue weighted by molar-refractivity contribution is 6.61. The van der Waals surface area contributed by atoms with Gasteiger partial charge in [0, 0.05) is 0 Å². The fraction of sp³-hybridized carbons (Fsp3) is 1.00. The van der Waals surface area contributed by atoms with Crippen molar-refractivity contribution in [3.8, 4) is 0 Å². The third-order valence-electron chi connectivity index (χ3n) is 5.72. The first kappa shape index (κ1) is 13.9. The van der Waals surface area contributed by atoms with Gasteiger partial charge in [-0.25, -0.2) is 0 Å². The Morgan fingerprint density at radius 1 is 0.647 bits per heavy atom. The van der Waals surface area contributed by atoms with Crippen molar-refractivity contribution in [2.45, 2.75) is 82.2 Å². The van der Waals surface area contributed by atoms with Gasteiger partial charge in [0.2, 0.25) is 0 Å². The lowest BCUT2D eigenvalue weighted by molar-refractivity contribution is 0.463. The number of hydrogen-bond acceptors (Lipinski definition) is 0. The van der Waals surface area contributed by atoms with Crippen LogP contribution >= 0.6 is 0 Å². The molecule has 2 rings (SSSR count). The van der Waals surface area contributed by atoms with Crippen molar-refractivity contribution in [3.05, 3.63) is 0 Å². The van der Waals surface area contributed by atoms with Crippen LogP contribution in [0.2, 0.25) is 35.3 Å². The molecule has 0 spiro atoms. The van der Waals surface area contributed by atoms with Crippen LogP contribution in [0.15, 0.2) is 0 Å². The van der Waals surface area contributed by atoms with E-state index in [4.69, 9.17) is 0 Å². The van der Waals surface area contributed by atoms with Crippen LogP contribution < -0.4 is 0 Å². The average molecular weight is 267 g/mol. The van der Waals surface area contributed by atoms with E-state index in [-0.39, 0.29) is 17.6 Å². The molecule has 4 atom stereocenters. The minimum Gasteiger partial charge on any atom is -0.0680 e. The van der Waals surface area contributed by atoms with Crippen LogP contribution in [-0.4, -0.2) is 17.6 Å². The lowest BCUT2D eigenvalue weighted by Crippen LogP contribution is -2.29. The van der Waals surface area contributed by atoms with E-state index in [1.54, 1.807) is 19.3 Å². The van der Waals surface area contributed by atoms with Crippen molar-refractivity contribution < 1.29 is 0 Å². The molecule has 2 aliphatic carbocycles. The summed E-state index contributed by atoms with van der Waals surface area (Å²) in [7, 11) is 0.0376. The predicted octanol–water partition coefficient (Wildman–Crippen LogP) is 5.23. The van der Waals surface area contributed by atoms with Crippen molar-refractivity contribution in [3.63, 3.8) is 0 Å². The van der Waals surface area contributed by atoms with Crippen LogP contribution in [0.1, 0.15) is 47.0 Å². The third kappa shape index (κ3) is 2.58. The highest BCUT2D eigenvalue weighted by Gasteiger charge is 2.49. The average Bonchev–Trinajstić information content (AvgIpc) is 2.92. The molecule has 2 radical (unpaired) electrons. The molecule has 2 heteroatoms. The van der Waals surface area contributed by atoms with E-state index in [0.717, 1.165) is 0 Å². The molecule has 0 amide bonds. The second-order valence-electron chi connectivity index (χ2n) is 6.17. The second kappa shape index (κ2) is 6.05. The maximum atomic E-state index is 2.45. The van der Waals surface area contributed by atoms with Gasteiger partial charge in [-0.05, 0) is 42.2 Å². The Bertz CT molecular complexity index is 209. The van der Waals surface area contributed by atoms with Gasteiger partial charge >= 0.3 is 0 Å². The fourth-order valence-corrected chi connectivity index (χ4v) is 11.1. The minimum atomic E-state index is 0.0188. The molecule has 0 saturated heterocycles. The summed E-state index contributed by atoms with van der Waals surface area (Å²) in [6.45, 7) is 9.81. The summed E-state index contributed by atoms with van der Waals surface area (Å²) in [6, 6.07) is 6.11. The Balaban J connectivity index is 1.95. The molecule has 0 heterocycles. The first-order valence-corrected chi connectivity index (χ1v) is 11.9. The van der Waals surface area contributed by atoms with Gasteiger partial charge in [-0.2, -0.15) is 0 Å². The van der Waals surface area contributed by atoms with Crippen molar-refractivity contribution in [2.75, 3.05) is 0 Å². The summed E-state index contributed by atoms with van der Waals surface area (Å²) in [4.78, 5) is 0. The Morgan fingerprint density at radius 2 is 1.00 bits per heavy atom. The molecule has 2 bridgehead atoms. The van der Waals surface area contributed by atoms with Gasteiger partial charge in [-0.3, -0.25) is 0 Å². The van der Waals surface area contributed by atoms with Gasteiger partial charge in [-0.15, -0.1) is 0 Å². The normalized spacial score (nSPS) is 36.4. The van der Waals surface area contributed by atoms with Crippen molar-refractivity contribution >= 4 is 17.6 Å². The molecular weight excluding hydrogens is 236 g/mol. The van der Waals surface area contributed by atoms with Crippen molar-refractivity contribution in [1.82, 2.24) is 0 Å². The Morgan fingerprint density at radius 3 is 1.24 bits per heavy atom. The van der Waals surface area contributed by atoms with E-state index in [9.17, 15) is 0 Å². The molecule has 2 aliphatic rings. The first-order chi connectivity index (χ1) is 8.24.